The van der Waals surface area contributed by atoms with Crippen LogP contribution in [-0.2, 0) is 13.0 Å². The van der Waals surface area contributed by atoms with Crippen LogP contribution in [0.15, 0.2) is 66.2 Å². The molecule has 1 aliphatic heterocycles. The monoisotopic (exact) mass is 346 g/mol. The lowest BCUT2D eigenvalue weighted by molar-refractivity contribution is 0.872. The largest absolute Gasteiger partial charge is 0.356 e. The van der Waals surface area contributed by atoms with Gasteiger partial charge < -0.3 is 10.2 Å². The van der Waals surface area contributed by atoms with E-state index in [-0.39, 0.29) is 0 Å². The van der Waals surface area contributed by atoms with Gasteiger partial charge in [0.25, 0.3) is 0 Å². The molecule has 0 amide bonds. The van der Waals surface area contributed by atoms with Gasteiger partial charge in [0.1, 0.15) is 12.7 Å². The number of benzene rings is 2. The zero-order valence-corrected chi connectivity index (χ0v) is 14.8. The summed E-state index contributed by atoms with van der Waals surface area (Å²) in [7, 11) is 0. The molecule has 6 nitrogen and oxygen atoms in total. The summed E-state index contributed by atoms with van der Waals surface area (Å²) in [5.41, 5.74) is 4.80. The maximum atomic E-state index is 4.85. The Balaban J connectivity index is 1.52. The fourth-order valence-corrected chi connectivity index (χ4v) is 3.21. The minimum Gasteiger partial charge on any atom is -0.356 e. The van der Waals surface area contributed by atoms with Gasteiger partial charge in [0.2, 0.25) is 0 Å². The van der Waals surface area contributed by atoms with Crippen LogP contribution in [0.1, 0.15) is 18.1 Å². The van der Waals surface area contributed by atoms with E-state index in [0.717, 1.165) is 36.7 Å². The summed E-state index contributed by atoms with van der Waals surface area (Å²) >= 11 is 0. The Morgan fingerprint density at radius 3 is 2.77 bits per heavy atom. The van der Waals surface area contributed by atoms with Crippen molar-refractivity contribution in [1.82, 2.24) is 20.1 Å². The number of guanidine groups is 1. The summed E-state index contributed by atoms with van der Waals surface area (Å²) in [6, 6.07) is 16.8. The summed E-state index contributed by atoms with van der Waals surface area (Å²) < 4.78 is 1.75. The minimum absolute atomic E-state index is 0.638. The predicted molar refractivity (Wildman–Crippen MR) is 104 cm³/mol. The quantitative estimate of drug-likeness (QED) is 0.583. The van der Waals surface area contributed by atoms with Gasteiger partial charge in [0.15, 0.2) is 5.96 Å². The van der Waals surface area contributed by atoms with Gasteiger partial charge in [0, 0.05) is 18.8 Å². The Morgan fingerprint density at radius 2 is 2.00 bits per heavy atom. The molecule has 6 heteroatoms. The first kappa shape index (κ1) is 16.3. The molecule has 2 heterocycles. The lowest BCUT2D eigenvalue weighted by Gasteiger charge is -2.22. The molecular weight excluding hydrogens is 324 g/mol. The van der Waals surface area contributed by atoms with Crippen LogP contribution in [0, 0.1) is 0 Å². The lowest BCUT2D eigenvalue weighted by Crippen LogP contribution is -2.40. The van der Waals surface area contributed by atoms with E-state index in [2.05, 4.69) is 63.6 Å². The number of hydrogen-bond donors (Lipinski definition) is 1. The molecule has 3 aromatic rings. The number of hydrogen-bond acceptors (Lipinski definition) is 3. The maximum Gasteiger partial charge on any atom is 0.198 e. The molecule has 132 valence electrons. The molecule has 0 atom stereocenters. The van der Waals surface area contributed by atoms with E-state index in [9.17, 15) is 0 Å². The predicted octanol–water partition coefficient (Wildman–Crippen LogP) is 2.80. The molecule has 0 saturated carbocycles. The maximum absolute atomic E-state index is 4.85. The lowest BCUT2D eigenvalue weighted by atomic mass is 10.2. The van der Waals surface area contributed by atoms with E-state index >= 15 is 0 Å². The van der Waals surface area contributed by atoms with Gasteiger partial charge in [-0.1, -0.05) is 30.3 Å². The fraction of sp³-hybridized carbons (Fsp3) is 0.250. The molecular formula is C20H22N6. The summed E-state index contributed by atoms with van der Waals surface area (Å²) in [5, 5.41) is 7.57. The molecule has 0 radical (unpaired) electrons. The first-order valence-electron chi connectivity index (χ1n) is 8.93. The molecule has 0 aliphatic carbocycles. The Hall–Kier alpha value is -3.15. The normalized spacial score (nSPS) is 13.7. The Labute approximate surface area is 153 Å². The third-order valence-electron chi connectivity index (χ3n) is 4.51. The first-order valence-corrected chi connectivity index (χ1v) is 8.93. The molecule has 1 aliphatic rings. The molecule has 1 N–H and O–H groups in total. The second-order valence-corrected chi connectivity index (χ2v) is 6.21. The van der Waals surface area contributed by atoms with Crippen molar-refractivity contribution in [2.75, 3.05) is 18.0 Å². The van der Waals surface area contributed by atoms with E-state index < -0.39 is 0 Å². The molecule has 0 saturated heterocycles. The average Bonchev–Trinajstić information content (AvgIpc) is 3.36. The van der Waals surface area contributed by atoms with Crippen molar-refractivity contribution >= 4 is 11.6 Å². The van der Waals surface area contributed by atoms with Crippen LogP contribution in [0.4, 0.5) is 5.69 Å². The molecule has 26 heavy (non-hydrogen) atoms. The highest BCUT2D eigenvalue weighted by Crippen LogP contribution is 2.27. The van der Waals surface area contributed by atoms with E-state index in [0.29, 0.717) is 6.54 Å². The standard InChI is InChI=1S/C20H22N6/c1-2-22-20(25-12-11-17-5-3-4-6-19(17)25)23-13-16-7-9-18(10-8-16)26-15-21-14-24-26/h3-10,14-15H,2,11-13H2,1H3,(H,22,23). The van der Waals surface area contributed by atoms with E-state index in [1.807, 2.05) is 12.1 Å². The van der Waals surface area contributed by atoms with Crippen molar-refractivity contribution in [2.45, 2.75) is 19.9 Å². The smallest absolute Gasteiger partial charge is 0.198 e. The van der Waals surface area contributed by atoms with Crippen molar-refractivity contribution < 1.29 is 0 Å². The second-order valence-electron chi connectivity index (χ2n) is 6.21. The van der Waals surface area contributed by atoms with Gasteiger partial charge in [-0.3, -0.25) is 0 Å². The number of rotatable bonds is 4. The van der Waals surface area contributed by atoms with Gasteiger partial charge in [-0.25, -0.2) is 14.7 Å². The third kappa shape index (κ3) is 3.31. The van der Waals surface area contributed by atoms with Gasteiger partial charge in [-0.15, -0.1) is 0 Å². The Kier molecular flexibility index (Phi) is 4.64. The molecule has 0 spiro atoms. The van der Waals surface area contributed by atoms with Crippen molar-refractivity contribution in [3.63, 3.8) is 0 Å². The van der Waals surface area contributed by atoms with Crippen LogP contribution in [0.3, 0.4) is 0 Å². The highest BCUT2D eigenvalue weighted by Gasteiger charge is 2.22. The summed E-state index contributed by atoms with van der Waals surface area (Å²) in [6.07, 6.45) is 4.29. The summed E-state index contributed by atoms with van der Waals surface area (Å²) in [5.74, 6) is 0.942. The molecule has 4 rings (SSSR count). The van der Waals surface area contributed by atoms with Crippen LogP contribution in [-0.4, -0.2) is 33.8 Å². The highest BCUT2D eigenvalue weighted by molar-refractivity contribution is 5.97. The number of para-hydroxylation sites is 1. The number of nitrogens with zero attached hydrogens (tertiary/aromatic N) is 5. The van der Waals surface area contributed by atoms with Crippen LogP contribution in [0.2, 0.25) is 0 Å². The highest BCUT2D eigenvalue weighted by atomic mass is 15.3. The molecule has 0 unspecified atom stereocenters. The zero-order valence-electron chi connectivity index (χ0n) is 14.8. The van der Waals surface area contributed by atoms with Crippen molar-refractivity contribution in [2.24, 2.45) is 4.99 Å². The number of fused-ring (bicyclic) bond motifs is 1. The van der Waals surface area contributed by atoms with E-state index in [4.69, 9.17) is 4.99 Å². The number of aromatic nitrogens is 3. The van der Waals surface area contributed by atoms with E-state index in [1.54, 1.807) is 11.0 Å². The minimum atomic E-state index is 0.638. The topological polar surface area (TPSA) is 58.3 Å². The molecule has 0 bridgehead atoms. The fourth-order valence-electron chi connectivity index (χ4n) is 3.21. The average molecular weight is 346 g/mol. The van der Waals surface area contributed by atoms with Crippen LogP contribution >= 0.6 is 0 Å². The SMILES string of the molecule is CCNC(=NCc1ccc(-n2cncn2)cc1)N1CCc2ccccc21. The molecule has 2 aromatic carbocycles. The third-order valence-corrected chi connectivity index (χ3v) is 4.51. The van der Waals surface area contributed by atoms with Crippen LogP contribution in [0.25, 0.3) is 5.69 Å². The van der Waals surface area contributed by atoms with Crippen molar-refractivity contribution in [3.8, 4) is 5.69 Å². The van der Waals surface area contributed by atoms with Crippen LogP contribution in [0.5, 0.6) is 0 Å². The number of anilines is 1. The zero-order chi connectivity index (χ0) is 17.8. The molecule has 1 aromatic heterocycles. The number of aliphatic imine (C=N–C) groups is 1. The summed E-state index contributed by atoms with van der Waals surface area (Å²) in [4.78, 5) is 11.1. The van der Waals surface area contributed by atoms with Gasteiger partial charge in [0.05, 0.1) is 12.2 Å². The van der Waals surface area contributed by atoms with Crippen LogP contribution < -0.4 is 10.2 Å². The Bertz CT molecular complexity index is 883. The van der Waals surface area contributed by atoms with Crippen molar-refractivity contribution in [3.05, 3.63) is 72.3 Å². The second kappa shape index (κ2) is 7.39. The van der Waals surface area contributed by atoms with E-state index in [1.165, 1.54) is 17.6 Å². The van der Waals surface area contributed by atoms with Crippen molar-refractivity contribution in [1.29, 1.82) is 0 Å². The first-order chi connectivity index (χ1) is 12.8. The summed E-state index contributed by atoms with van der Waals surface area (Å²) in [6.45, 7) is 4.56. The Morgan fingerprint density at radius 1 is 1.15 bits per heavy atom. The molecule has 0 fully saturated rings. The van der Waals surface area contributed by atoms with Gasteiger partial charge in [-0.05, 0) is 42.7 Å². The van der Waals surface area contributed by atoms with Gasteiger partial charge >= 0.3 is 0 Å². The van der Waals surface area contributed by atoms with Gasteiger partial charge in [-0.2, -0.15) is 5.10 Å². The number of nitrogens with one attached hydrogen (secondary N) is 1.